The molecule has 0 spiro atoms. The van der Waals surface area contributed by atoms with E-state index in [2.05, 4.69) is 15.9 Å². The van der Waals surface area contributed by atoms with Crippen molar-refractivity contribution in [1.29, 1.82) is 0 Å². The molecule has 0 unspecified atom stereocenters. The smallest absolute Gasteiger partial charge is 0.328 e. The van der Waals surface area contributed by atoms with Crippen molar-refractivity contribution in [1.82, 2.24) is 0 Å². The van der Waals surface area contributed by atoms with E-state index in [0.717, 1.165) is 16.3 Å². The number of carboxylic acid groups (broad SMARTS) is 1. The lowest BCUT2D eigenvalue weighted by Crippen LogP contribution is -2.10. The van der Waals surface area contributed by atoms with E-state index in [1.165, 1.54) is 13.2 Å². The standard InChI is InChI=1S/C18H17BrO5/c1-22-16-4-2-3-13(5-10-17(20)21)18(16)24-12-11-23-15-8-6-14(19)7-9-15/h2-10H,11-12H2,1H3,(H,20,21). The Morgan fingerprint density at radius 2 is 1.83 bits per heavy atom. The van der Waals surface area contributed by atoms with Crippen LogP contribution in [0.5, 0.6) is 17.2 Å². The molecule has 0 bridgehead atoms. The summed E-state index contributed by atoms with van der Waals surface area (Å²) in [5, 5.41) is 8.77. The summed E-state index contributed by atoms with van der Waals surface area (Å²) < 4.78 is 17.6. The lowest BCUT2D eigenvalue weighted by atomic mass is 10.1. The second kappa shape index (κ2) is 8.98. The molecule has 0 radical (unpaired) electrons. The van der Waals surface area contributed by atoms with E-state index in [1.54, 1.807) is 18.2 Å². The molecular weight excluding hydrogens is 376 g/mol. The molecule has 0 aliphatic heterocycles. The molecule has 2 aromatic rings. The summed E-state index contributed by atoms with van der Waals surface area (Å²) in [5.74, 6) is 0.734. The van der Waals surface area contributed by atoms with E-state index in [9.17, 15) is 4.79 Å². The van der Waals surface area contributed by atoms with Gasteiger partial charge in [0, 0.05) is 16.1 Å². The van der Waals surface area contributed by atoms with Crippen LogP contribution < -0.4 is 14.2 Å². The molecule has 126 valence electrons. The van der Waals surface area contributed by atoms with Gasteiger partial charge in [0.2, 0.25) is 0 Å². The third-order valence-electron chi connectivity index (χ3n) is 3.05. The minimum atomic E-state index is -1.03. The van der Waals surface area contributed by atoms with Gasteiger partial charge in [-0.2, -0.15) is 0 Å². The van der Waals surface area contributed by atoms with Crippen LogP contribution in [0.15, 0.2) is 53.0 Å². The molecule has 2 aromatic carbocycles. The predicted molar refractivity (Wildman–Crippen MR) is 94.8 cm³/mol. The molecule has 24 heavy (non-hydrogen) atoms. The summed E-state index contributed by atoms with van der Waals surface area (Å²) in [4.78, 5) is 10.7. The Morgan fingerprint density at radius 3 is 2.50 bits per heavy atom. The van der Waals surface area contributed by atoms with Gasteiger partial charge in [0.1, 0.15) is 19.0 Å². The molecule has 0 aromatic heterocycles. The second-order valence-electron chi connectivity index (χ2n) is 4.70. The van der Waals surface area contributed by atoms with Crippen LogP contribution in [0.3, 0.4) is 0 Å². The molecule has 0 amide bonds. The SMILES string of the molecule is COc1cccc(C=CC(=O)O)c1OCCOc1ccc(Br)cc1. The van der Waals surface area contributed by atoms with Crippen LogP contribution in [0.1, 0.15) is 5.56 Å². The highest BCUT2D eigenvalue weighted by molar-refractivity contribution is 9.10. The number of carbonyl (C=O) groups is 1. The maximum absolute atomic E-state index is 10.7. The first-order chi connectivity index (χ1) is 11.6. The number of hydrogen-bond acceptors (Lipinski definition) is 4. The van der Waals surface area contributed by atoms with Gasteiger partial charge in [-0.3, -0.25) is 0 Å². The third-order valence-corrected chi connectivity index (χ3v) is 3.58. The van der Waals surface area contributed by atoms with Crippen LogP contribution in [-0.4, -0.2) is 31.4 Å². The maximum atomic E-state index is 10.7. The van der Waals surface area contributed by atoms with Gasteiger partial charge in [-0.1, -0.05) is 28.1 Å². The van der Waals surface area contributed by atoms with Crippen LogP contribution in [0.25, 0.3) is 6.08 Å². The largest absolute Gasteiger partial charge is 0.493 e. The zero-order valence-corrected chi connectivity index (χ0v) is 14.7. The van der Waals surface area contributed by atoms with E-state index in [-0.39, 0.29) is 0 Å². The molecule has 2 rings (SSSR count). The number of carboxylic acids is 1. The average Bonchev–Trinajstić information content (AvgIpc) is 2.58. The molecule has 0 aliphatic carbocycles. The van der Waals surface area contributed by atoms with Gasteiger partial charge in [-0.05, 0) is 36.4 Å². The molecule has 1 N–H and O–H groups in total. The van der Waals surface area contributed by atoms with Crippen LogP contribution in [0.4, 0.5) is 0 Å². The molecule has 0 aliphatic rings. The number of ether oxygens (including phenoxy) is 3. The minimum Gasteiger partial charge on any atom is -0.493 e. The topological polar surface area (TPSA) is 65.0 Å². The summed E-state index contributed by atoms with van der Waals surface area (Å²) in [7, 11) is 1.53. The Bertz CT molecular complexity index is 710. The Morgan fingerprint density at radius 1 is 1.12 bits per heavy atom. The van der Waals surface area contributed by atoms with Crippen LogP contribution >= 0.6 is 15.9 Å². The van der Waals surface area contributed by atoms with E-state index in [4.69, 9.17) is 19.3 Å². The fraction of sp³-hybridized carbons (Fsp3) is 0.167. The van der Waals surface area contributed by atoms with Gasteiger partial charge >= 0.3 is 5.97 Å². The molecule has 0 saturated heterocycles. The Hall–Kier alpha value is -2.47. The van der Waals surface area contributed by atoms with Crippen LogP contribution in [0, 0.1) is 0 Å². The Balaban J connectivity index is 1.99. The van der Waals surface area contributed by atoms with Crippen molar-refractivity contribution in [2.75, 3.05) is 20.3 Å². The molecule has 0 atom stereocenters. The molecule has 0 saturated carbocycles. The first-order valence-electron chi connectivity index (χ1n) is 7.19. The van der Waals surface area contributed by atoms with Crippen molar-refractivity contribution in [2.24, 2.45) is 0 Å². The van der Waals surface area contributed by atoms with Gasteiger partial charge in [-0.25, -0.2) is 4.79 Å². The number of rotatable bonds is 8. The van der Waals surface area contributed by atoms with E-state index >= 15 is 0 Å². The average molecular weight is 393 g/mol. The predicted octanol–water partition coefficient (Wildman–Crippen LogP) is 4.01. The maximum Gasteiger partial charge on any atom is 0.328 e. The molecule has 5 nitrogen and oxygen atoms in total. The number of aliphatic carboxylic acids is 1. The first-order valence-corrected chi connectivity index (χ1v) is 7.98. The van der Waals surface area contributed by atoms with E-state index in [1.807, 2.05) is 24.3 Å². The number of benzene rings is 2. The van der Waals surface area contributed by atoms with Crippen molar-refractivity contribution in [3.63, 3.8) is 0 Å². The molecular formula is C18H17BrO5. The van der Waals surface area contributed by atoms with Crippen molar-refractivity contribution in [3.8, 4) is 17.2 Å². The van der Waals surface area contributed by atoms with Gasteiger partial charge < -0.3 is 19.3 Å². The molecule has 6 heteroatoms. The van der Waals surface area contributed by atoms with Crippen molar-refractivity contribution < 1.29 is 24.1 Å². The molecule has 0 heterocycles. The number of methoxy groups -OCH3 is 1. The zero-order valence-electron chi connectivity index (χ0n) is 13.1. The van der Waals surface area contributed by atoms with Gasteiger partial charge in [0.15, 0.2) is 11.5 Å². The molecule has 0 fully saturated rings. The lowest BCUT2D eigenvalue weighted by molar-refractivity contribution is -0.131. The Labute approximate surface area is 148 Å². The summed E-state index contributed by atoms with van der Waals surface area (Å²) in [6, 6.07) is 12.8. The third kappa shape index (κ3) is 5.31. The van der Waals surface area contributed by atoms with Crippen molar-refractivity contribution in [2.45, 2.75) is 0 Å². The number of para-hydroxylation sites is 1. The monoisotopic (exact) mass is 392 g/mol. The summed E-state index contributed by atoms with van der Waals surface area (Å²) in [5.41, 5.74) is 0.625. The van der Waals surface area contributed by atoms with Crippen molar-refractivity contribution in [3.05, 3.63) is 58.6 Å². The Kier molecular flexibility index (Phi) is 6.69. The van der Waals surface area contributed by atoms with Crippen molar-refractivity contribution >= 4 is 28.0 Å². The van der Waals surface area contributed by atoms with Gasteiger partial charge in [-0.15, -0.1) is 0 Å². The second-order valence-corrected chi connectivity index (χ2v) is 5.62. The number of hydrogen-bond donors (Lipinski definition) is 1. The van der Waals surface area contributed by atoms with Crippen LogP contribution in [0.2, 0.25) is 0 Å². The minimum absolute atomic E-state index is 0.296. The van der Waals surface area contributed by atoms with E-state index < -0.39 is 5.97 Å². The van der Waals surface area contributed by atoms with Gasteiger partial charge in [0.05, 0.1) is 7.11 Å². The quantitative estimate of drug-likeness (QED) is 0.542. The zero-order chi connectivity index (χ0) is 17.4. The highest BCUT2D eigenvalue weighted by atomic mass is 79.9. The van der Waals surface area contributed by atoms with Gasteiger partial charge in [0.25, 0.3) is 0 Å². The number of halogens is 1. The summed E-state index contributed by atoms with van der Waals surface area (Å²) in [6.45, 7) is 0.645. The fourth-order valence-electron chi connectivity index (χ4n) is 1.97. The highest BCUT2D eigenvalue weighted by Gasteiger charge is 2.09. The highest BCUT2D eigenvalue weighted by Crippen LogP contribution is 2.32. The lowest BCUT2D eigenvalue weighted by Gasteiger charge is -2.14. The first kappa shape index (κ1) is 17.9. The summed E-state index contributed by atoms with van der Waals surface area (Å²) >= 11 is 3.36. The van der Waals surface area contributed by atoms with Crippen LogP contribution in [-0.2, 0) is 4.79 Å². The fourth-order valence-corrected chi connectivity index (χ4v) is 2.24. The van der Waals surface area contributed by atoms with E-state index in [0.29, 0.717) is 30.3 Å². The summed E-state index contributed by atoms with van der Waals surface area (Å²) in [6.07, 6.45) is 2.52. The normalized spacial score (nSPS) is 10.6.